The predicted octanol–water partition coefficient (Wildman–Crippen LogP) is 2.80. The number of aromatic nitrogens is 3. The highest BCUT2D eigenvalue weighted by Gasteiger charge is 2.12. The number of hydrogen-bond acceptors (Lipinski definition) is 3. The Morgan fingerprint density at radius 3 is 2.85 bits per heavy atom. The Morgan fingerprint density at radius 1 is 1.35 bits per heavy atom. The summed E-state index contributed by atoms with van der Waals surface area (Å²) in [6.45, 7) is 5.32. The molecule has 4 nitrogen and oxygen atoms in total. The normalized spacial score (nSPS) is 12.6. The number of aryl methyl sites for hydroxylation is 3. The van der Waals surface area contributed by atoms with Crippen LogP contribution in [0.25, 0.3) is 0 Å². The Hall–Kier alpha value is -1.68. The fourth-order valence-corrected chi connectivity index (χ4v) is 2.41. The first kappa shape index (κ1) is 14.7. The Balaban J connectivity index is 2.05. The highest BCUT2D eigenvalue weighted by atomic mass is 15.2. The maximum absolute atomic E-state index is 4.32. The van der Waals surface area contributed by atoms with Crippen LogP contribution in [-0.4, -0.2) is 21.3 Å². The Bertz CT molecular complexity index is 533. The zero-order chi connectivity index (χ0) is 14.4. The van der Waals surface area contributed by atoms with Crippen molar-refractivity contribution in [2.24, 2.45) is 7.05 Å². The Morgan fingerprint density at radius 2 is 2.20 bits per heavy atom. The van der Waals surface area contributed by atoms with Crippen molar-refractivity contribution in [1.29, 1.82) is 0 Å². The first-order valence-corrected chi connectivity index (χ1v) is 7.32. The van der Waals surface area contributed by atoms with Gasteiger partial charge < -0.3 is 5.32 Å². The van der Waals surface area contributed by atoms with E-state index in [1.54, 1.807) is 0 Å². The molecule has 1 N–H and O–H groups in total. The standard InChI is InChI=1S/C16H24N4/c1-4-8-18-16(14-10-13(2)11-17-12-14)6-5-15-7-9-19-20(15)3/h7,9-12,16,18H,4-6,8H2,1-3H3. The minimum Gasteiger partial charge on any atom is -0.310 e. The largest absolute Gasteiger partial charge is 0.310 e. The lowest BCUT2D eigenvalue weighted by Crippen LogP contribution is -2.23. The molecule has 108 valence electrons. The Labute approximate surface area is 121 Å². The molecule has 1 unspecified atom stereocenters. The van der Waals surface area contributed by atoms with Gasteiger partial charge >= 0.3 is 0 Å². The lowest BCUT2D eigenvalue weighted by molar-refractivity contribution is 0.490. The summed E-state index contributed by atoms with van der Waals surface area (Å²) in [4.78, 5) is 4.32. The smallest absolute Gasteiger partial charge is 0.0492 e. The molecular formula is C16H24N4. The molecule has 0 saturated heterocycles. The van der Waals surface area contributed by atoms with Gasteiger partial charge in [0.05, 0.1) is 0 Å². The van der Waals surface area contributed by atoms with Crippen molar-refractivity contribution in [1.82, 2.24) is 20.1 Å². The molecule has 0 aliphatic carbocycles. The van der Waals surface area contributed by atoms with Crippen LogP contribution < -0.4 is 5.32 Å². The molecular weight excluding hydrogens is 248 g/mol. The molecule has 0 fully saturated rings. The molecule has 2 aromatic rings. The second-order valence-electron chi connectivity index (χ2n) is 5.29. The van der Waals surface area contributed by atoms with E-state index in [9.17, 15) is 0 Å². The number of nitrogens with one attached hydrogen (secondary N) is 1. The van der Waals surface area contributed by atoms with Gasteiger partial charge in [-0.05, 0) is 49.9 Å². The molecule has 0 radical (unpaired) electrons. The highest BCUT2D eigenvalue weighted by Crippen LogP contribution is 2.19. The monoisotopic (exact) mass is 272 g/mol. The van der Waals surface area contributed by atoms with E-state index in [0.29, 0.717) is 6.04 Å². The minimum atomic E-state index is 0.359. The van der Waals surface area contributed by atoms with Crippen molar-refractivity contribution in [3.8, 4) is 0 Å². The third-order valence-corrected chi connectivity index (χ3v) is 3.55. The third kappa shape index (κ3) is 3.90. The molecule has 0 bridgehead atoms. The summed E-state index contributed by atoms with van der Waals surface area (Å²) in [5.41, 5.74) is 3.76. The van der Waals surface area contributed by atoms with Gasteiger partial charge in [0.1, 0.15) is 0 Å². The molecule has 0 spiro atoms. The van der Waals surface area contributed by atoms with Crippen molar-refractivity contribution in [2.45, 2.75) is 39.2 Å². The van der Waals surface area contributed by atoms with Crippen molar-refractivity contribution in [3.63, 3.8) is 0 Å². The summed E-state index contributed by atoms with van der Waals surface area (Å²) in [5, 5.41) is 7.85. The first-order valence-electron chi connectivity index (χ1n) is 7.32. The van der Waals surface area contributed by atoms with E-state index in [-0.39, 0.29) is 0 Å². The average molecular weight is 272 g/mol. The summed E-state index contributed by atoms with van der Waals surface area (Å²) < 4.78 is 1.95. The van der Waals surface area contributed by atoms with E-state index >= 15 is 0 Å². The molecule has 1 atom stereocenters. The van der Waals surface area contributed by atoms with Crippen LogP contribution in [0.5, 0.6) is 0 Å². The fraction of sp³-hybridized carbons (Fsp3) is 0.500. The molecule has 20 heavy (non-hydrogen) atoms. The second kappa shape index (κ2) is 7.20. The third-order valence-electron chi connectivity index (χ3n) is 3.55. The van der Waals surface area contributed by atoms with Gasteiger partial charge in [0.2, 0.25) is 0 Å². The molecule has 0 aromatic carbocycles. The molecule has 2 rings (SSSR count). The zero-order valence-corrected chi connectivity index (χ0v) is 12.6. The van der Waals surface area contributed by atoms with Crippen LogP contribution in [0.15, 0.2) is 30.7 Å². The average Bonchev–Trinajstić information content (AvgIpc) is 2.84. The van der Waals surface area contributed by atoms with Gasteiger partial charge in [-0.15, -0.1) is 0 Å². The van der Waals surface area contributed by atoms with Gasteiger partial charge in [0.15, 0.2) is 0 Å². The quantitative estimate of drug-likeness (QED) is 0.843. The van der Waals surface area contributed by atoms with Crippen LogP contribution in [0, 0.1) is 6.92 Å². The lowest BCUT2D eigenvalue weighted by atomic mass is 10.0. The summed E-state index contributed by atoms with van der Waals surface area (Å²) in [6, 6.07) is 4.67. The summed E-state index contributed by atoms with van der Waals surface area (Å²) >= 11 is 0. The van der Waals surface area contributed by atoms with E-state index in [4.69, 9.17) is 0 Å². The maximum atomic E-state index is 4.32. The fourth-order valence-electron chi connectivity index (χ4n) is 2.41. The van der Waals surface area contributed by atoms with Crippen LogP contribution in [0.3, 0.4) is 0 Å². The van der Waals surface area contributed by atoms with Gasteiger partial charge in [0.25, 0.3) is 0 Å². The number of rotatable bonds is 7. The van der Waals surface area contributed by atoms with Crippen molar-refractivity contribution < 1.29 is 0 Å². The summed E-state index contributed by atoms with van der Waals surface area (Å²) in [6.07, 6.45) is 8.96. The van der Waals surface area contributed by atoms with E-state index in [1.165, 1.54) is 16.8 Å². The van der Waals surface area contributed by atoms with Gasteiger partial charge in [-0.1, -0.05) is 13.0 Å². The first-order chi connectivity index (χ1) is 9.70. The van der Waals surface area contributed by atoms with Crippen LogP contribution in [0.1, 0.15) is 42.6 Å². The van der Waals surface area contributed by atoms with E-state index in [2.05, 4.69) is 41.4 Å². The van der Waals surface area contributed by atoms with E-state index < -0.39 is 0 Å². The van der Waals surface area contributed by atoms with Gasteiger partial charge in [-0.3, -0.25) is 9.67 Å². The summed E-state index contributed by atoms with van der Waals surface area (Å²) in [5.74, 6) is 0. The van der Waals surface area contributed by atoms with Crippen LogP contribution in [0.2, 0.25) is 0 Å². The van der Waals surface area contributed by atoms with Gasteiger partial charge in [-0.25, -0.2) is 0 Å². The van der Waals surface area contributed by atoms with Crippen LogP contribution >= 0.6 is 0 Å². The highest BCUT2D eigenvalue weighted by molar-refractivity contribution is 5.20. The van der Waals surface area contributed by atoms with Gasteiger partial charge in [-0.2, -0.15) is 5.10 Å². The van der Waals surface area contributed by atoms with E-state index in [1.807, 2.05) is 30.3 Å². The lowest BCUT2D eigenvalue weighted by Gasteiger charge is -2.19. The number of hydrogen-bond donors (Lipinski definition) is 1. The van der Waals surface area contributed by atoms with Crippen LogP contribution in [0.4, 0.5) is 0 Å². The molecule has 0 saturated carbocycles. The Kier molecular flexibility index (Phi) is 5.30. The summed E-state index contributed by atoms with van der Waals surface area (Å²) in [7, 11) is 2.00. The molecule has 4 heteroatoms. The van der Waals surface area contributed by atoms with Crippen molar-refractivity contribution in [3.05, 3.63) is 47.5 Å². The number of pyridine rings is 1. The second-order valence-corrected chi connectivity index (χ2v) is 5.29. The molecule has 2 aromatic heterocycles. The minimum absolute atomic E-state index is 0.359. The molecule has 0 aliphatic rings. The number of nitrogens with zero attached hydrogens (tertiary/aromatic N) is 3. The predicted molar refractivity (Wildman–Crippen MR) is 81.5 cm³/mol. The topological polar surface area (TPSA) is 42.7 Å². The van der Waals surface area contributed by atoms with Crippen molar-refractivity contribution >= 4 is 0 Å². The molecule has 2 heterocycles. The van der Waals surface area contributed by atoms with E-state index in [0.717, 1.165) is 25.8 Å². The van der Waals surface area contributed by atoms with Crippen molar-refractivity contribution in [2.75, 3.05) is 6.54 Å². The molecule has 0 amide bonds. The van der Waals surface area contributed by atoms with Crippen LogP contribution in [-0.2, 0) is 13.5 Å². The SMILES string of the molecule is CCCNC(CCc1ccnn1C)c1cncc(C)c1. The molecule has 0 aliphatic heterocycles. The van der Waals surface area contributed by atoms with Gasteiger partial charge in [0, 0.05) is 37.4 Å². The maximum Gasteiger partial charge on any atom is 0.0492 e. The zero-order valence-electron chi connectivity index (χ0n) is 12.6.